The molecule has 1 saturated heterocycles. The van der Waals surface area contributed by atoms with Gasteiger partial charge in [-0.05, 0) is 42.6 Å². The molecule has 0 aliphatic carbocycles. The monoisotopic (exact) mass is 373 g/mol. The summed E-state index contributed by atoms with van der Waals surface area (Å²) in [6, 6.07) is 17.9. The van der Waals surface area contributed by atoms with E-state index in [1.54, 1.807) is 0 Å². The number of likely N-dealkylation sites (tertiary alicyclic amines) is 1. The van der Waals surface area contributed by atoms with E-state index < -0.39 is 12.0 Å². The summed E-state index contributed by atoms with van der Waals surface area (Å²) in [5.74, 6) is -0.722. The Morgan fingerprint density at radius 1 is 1.09 bits per heavy atom. The van der Waals surface area contributed by atoms with Gasteiger partial charge < -0.3 is 5.11 Å². The van der Waals surface area contributed by atoms with E-state index in [0.29, 0.717) is 6.42 Å². The summed E-state index contributed by atoms with van der Waals surface area (Å²) in [4.78, 5) is 13.9. The lowest BCUT2D eigenvalue weighted by atomic mass is 9.92. The van der Waals surface area contributed by atoms with Crippen LogP contribution < -0.4 is 0 Å². The molecule has 1 fully saturated rings. The van der Waals surface area contributed by atoms with E-state index in [0.717, 1.165) is 35.0 Å². The average molecular weight is 374 g/mol. The van der Waals surface area contributed by atoms with Crippen LogP contribution in [0.15, 0.2) is 59.1 Å². The van der Waals surface area contributed by atoms with Gasteiger partial charge in [-0.1, -0.05) is 64.8 Å². The maximum absolute atomic E-state index is 11.7. The molecule has 1 N–H and O–H groups in total. The Kier molecular flexibility index (Phi) is 5.13. The molecule has 4 heteroatoms. The van der Waals surface area contributed by atoms with E-state index in [1.807, 2.05) is 30.3 Å². The highest BCUT2D eigenvalue weighted by Gasteiger charge is 2.34. The zero-order valence-corrected chi connectivity index (χ0v) is 14.4. The highest BCUT2D eigenvalue weighted by Crippen LogP contribution is 2.35. The first kappa shape index (κ1) is 16.2. The number of nitrogens with zero attached hydrogens (tertiary/aromatic N) is 1. The molecular formula is C19H20BrNO2. The summed E-state index contributed by atoms with van der Waals surface area (Å²) in [6.07, 6.45) is 2.74. The van der Waals surface area contributed by atoms with Gasteiger partial charge >= 0.3 is 5.97 Å². The van der Waals surface area contributed by atoms with Gasteiger partial charge in [-0.15, -0.1) is 0 Å². The molecule has 1 aliphatic rings. The quantitative estimate of drug-likeness (QED) is 0.858. The Morgan fingerprint density at radius 2 is 1.83 bits per heavy atom. The third kappa shape index (κ3) is 3.65. The van der Waals surface area contributed by atoms with Gasteiger partial charge in [-0.25, -0.2) is 0 Å². The van der Waals surface area contributed by atoms with Crippen LogP contribution in [0.3, 0.4) is 0 Å². The number of carboxylic acids is 1. The largest absolute Gasteiger partial charge is 0.480 e. The molecular weight excluding hydrogens is 354 g/mol. The van der Waals surface area contributed by atoms with Crippen molar-refractivity contribution in [3.63, 3.8) is 0 Å². The van der Waals surface area contributed by atoms with E-state index in [-0.39, 0.29) is 6.04 Å². The minimum Gasteiger partial charge on any atom is -0.480 e. The molecule has 0 amide bonds. The molecule has 2 atom stereocenters. The minimum absolute atomic E-state index is 0.0323. The van der Waals surface area contributed by atoms with Crippen molar-refractivity contribution in [3.8, 4) is 0 Å². The van der Waals surface area contributed by atoms with Crippen LogP contribution in [0.4, 0.5) is 0 Å². The number of halogens is 1. The van der Waals surface area contributed by atoms with Gasteiger partial charge in [0.05, 0.1) is 6.04 Å². The summed E-state index contributed by atoms with van der Waals surface area (Å²) >= 11 is 3.54. The lowest BCUT2D eigenvalue weighted by Crippen LogP contribution is -2.46. The topological polar surface area (TPSA) is 40.5 Å². The highest BCUT2D eigenvalue weighted by atomic mass is 79.9. The molecule has 2 aromatic carbocycles. The van der Waals surface area contributed by atoms with E-state index in [4.69, 9.17) is 0 Å². The number of rotatable bonds is 4. The van der Waals surface area contributed by atoms with Crippen LogP contribution in [0.1, 0.15) is 36.4 Å². The second kappa shape index (κ2) is 7.28. The maximum atomic E-state index is 11.7. The zero-order valence-electron chi connectivity index (χ0n) is 12.9. The number of benzene rings is 2. The predicted molar refractivity (Wildman–Crippen MR) is 94.4 cm³/mol. The molecule has 1 heterocycles. The number of carboxylic acid groups (broad SMARTS) is 1. The number of hydrogen-bond acceptors (Lipinski definition) is 2. The first-order chi connectivity index (χ1) is 11.2. The molecule has 2 unspecified atom stereocenters. The molecule has 0 aromatic heterocycles. The number of piperidine rings is 1. The Hall–Kier alpha value is -1.65. The van der Waals surface area contributed by atoms with Crippen LogP contribution in [0.25, 0.3) is 0 Å². The van der Waals surface area contributed by atoms with Gasteiger partial charge in [0.2, 0.25) is 0 Å². The van der Waals surface area contributed by atoms with Crippen LogP contribution in [-0.2, 0) is 4.79 Å². The number of carbonyl (C=O) groups is 1. The standard InChI is InChI=1S/C19H20BrNO2/c20-16-10-6-9-15(13-16)18(14-7-2-1-3-8-14)21-12-5-4-11-17(21)19(22)23/h1-3,6-10,13,17-18H,4-5,11-12H2,(H,22,23). The fraction of sp³-hybridized carbons (Fsp3) is 0.316. The van der Waals surface area contributed by atoms with Gasteiger partial charge in [0, 0.05) is 4.47 Å². The van der Waals surface area contributed by atoms with Gasteiger partial charge in [0.25, 0.3) is 0 Å². The average Bonchev–Trinajstić information content (AvgIpc) is 2.56. The second-order valence-corrected chi connectivity index (χ2v) is 6.87. The third-order valence-corrected chi connectivity index (χ3v) is 4.93. The molecule has 0 spiro atoms. The van der Waals surface area contributed by atoms with Crippen molar-refractivity contribution in [2.75, 3.05) is 6.54 Å². The van der Waals surface area contributed by atoms with Crippen LogP contribution >= 0.6 is 15.9 Å². The van der Waals surface area contributed by atoms with Crippen LogP contribution in [0, 0.1) is 0 Å². The van der Waals surface area contributed by atoms with Crippen molar-refractivity contribution in [1.82, 2.24) is 4.90 Å². The summed E-state index contributed by atoms with van der Waals surface area (Å²) in [5.41, 5.74) is 2.26. The van der Waals surface area contributed by atoms with E-state index in [2.05, 4.69) is 45.1 Å². The Labute approximate surface area is 145 Å². The van der Waals surface area contributed by atoms with Crippen molar-refractivity contribution < 1.29 is 9.90 Å². The summed E-state index contributed by atoms with van der Waals surface area (Å²) < 4.78 is 1.01. The van der Waals surface area contributed by atoms with Crippen LogP contribution in [0.2, 0.25) is 0 Å². The van der Waals surface area contributed by atoms with E-state index in [1.165, 1.54) is 0 Å². The van der Waals surface area contributed by atoms with Crippen molar-refractivity contribution in [2.45, 2.75) is 31.3 Å². The van der Waals surface area contributed by atoms with Gasteiger partial charge in [0.1, 0.15) is 6.04 Å². The normalized spacial score (nSPS) is 20.1. The smallest absolute Gasteiger partial charge is 0.320 e. The zero-order chi connectivity index (χ0) is 16.2. The van der Waals surface area contributed by atoms with Crippen molar-refractivity contribution >= 4 is 21.9 Å². The fourth-order valence-electron chi connectivity index (χ4n) is 3.42. The van der Waals surface area contributed by atoms with Gasteiger partial charge in [-0.3, -0.25) is 9.69 Å². The summed E-state index contributed by atoms with van der Waals surface area (Å²) in [7, 11) is 0. The first-order valence-electron chi connectivity index (χ1n) is 7.96. The van der Waals surface area contributed by atoms with E-state index in [9.17, 15) is 9.90 Å². The highest BCUT2D eigenvalue weighted by molar-refractivity contribution is 9.10. The predicted octanol–water partition coefficient (Wildman–Crippen LogP) is 4.48. The van der Waals surface area contributed by atoms with E-state index >= 15 is 0 Å². The Morgan fingerprint density at radius 3 is 2.52 bits per heavy atom. The molecule has 120 valence electrons. The third-order valence-electron chi connectivity index (χ3n) is 4.44. The molecule has 3 rings (SSSR count). The van der Waals surface area contributed by atoms with Gasteiger partial charge in [-0.2, -0.15) is 0 Å². The number of aliphatic carboxylic acids is 1. The molecule has 2 aromatic rings. The van der Waals surface area contributed by atoms with Crippen molar-refractivity contribution in [2.24, 2.45) is 0 Å². The van der Waals surface area contributed by atoms with Crippen LogP contribution in [-0.4, -0.2) is 28.6 Å². The molecule has 23 heavy (non-hydrogen) atoms. The summed E-state index contributed by atoms with van der Waals surface area (Å²) in [6.45, 7) is 0.809. The lowest BCUT2D eigenvalue weighted by Gasteiger charge is -2.39. The Bertz CT molecular complexity index is 674. The Balaban J connectivity index is 2.06. The van der Waals surface area contributed by atoms with Gasteiger partial charge in [0.15, 0.2) is 0 Å². The molecule has 0 radical (unpaired) electrons. The van der Waals surface area contributed by atoms with Crippen molar-refractivity contribution in [1.29, 1.82) is 0 Å². The summed E-state index contributed by atoms with van der Waals surface area (Å²) in [5, 5.41) is 9.66. The second-order valence-electron chi connectivity index (χ2n) is 5.96. The minimum atomic E-state index is -0.722. The molecule has 0 bridgehead atoms. The fourth-order valence-corrected chi connectivity index (χ4v) is 3.83. The SMILES string of the molecule is O=C(O)C1CCCCN1C(c1ccccc1)c1cccc(Br)c1. The van der Waals surface area contributed by atoms with Crippen LogP contribution in [0.5, 0.6) is 0 Å². The molecule has 0 saturated carbocycles. The molecule has 1 aliphatic heterocycles. The first-order valence-corrected chi connectivity index (χ1v) is 8.75. The van der Waals surface area contributed by atoms with Crippen molar-refractivity contribution in [3.05, 3.63) is 70.2 Å². The lowest BCUT2D eigenvalue weighted by molar-refractivity contribution is -0.145. The molecule has 3 nitrogen and oxygen atoms in total. The maximum Gasteiger partial charge on any atom is 0.320 e. The number of hydrogen-bond donors (Lipinski definition) is 1.